The zero-order chi connectivity index (χ0) is 16.5. The highest BCUT2D eigenvalue weighted by Gasteiger charge is 1.85. The Kier molecular flexibility index (Phi) is 9.98. The van der Waals surface area contributed by atoms with Gasteiger partial charge in [0, 0.05) is 20.1 Å². The van der Waals surface area contributed by atoms with Crippen LogP contribution in [0.3, 0.4) is 0 Å². The van der Waals surface area contributed by atoms with Crippen molar-refractivity contribution in [2.75, 3.05) is 0 Å². The Balaban J connectivity index is 0.000000296. The summed E-state index contributed by atoms with van der Waals surface area (Å²) in [4.78, 5) is 0. The molecule has 21 heavy (non-hydrogen) atoms. The molecule has 0 saturated heterocycles. The van der Waals surface area contributed by atoms with Crippen LogP contribution >= 0.6 is 46.4 Å². The van der Waals surface area contributed by atoms with E-state index < -0.39 is 10.4 Å². The van der Waals surface area contributed by atoms with Crippen molar-refractivity contribution in [1.29, 1.82) is 0 Å². The first-order valence-corrected chi connectivity index (χ1v) is 8.01. The first-order chi connectivity index (χ1) is 9.58. The summed E-state index contributed by atoms with van der Waals surface area (Å²) in [7, 11) is -4.67. The van der Waals surface area contributed by atoms with Gasteiger partial charge in [-0.25, -0.2) is 0 Å². The van der Waals surface area contributed by atoms with Crippen molar-refractivity contribution in [2.24, 2.45) is 0 Å². The Morgan fingerprint density at radius 1 is 0.571 bits per heavy atom. The van der Waals surface area contributed by atoms with E-state index in [-0.39, 0.29) is 0 Å². The van der Waals surface area contributed by atoms with Crippen molar-refractivity contribution in [3.05, 3.63) is 68.6 Å². The van der Waals surface area contributed by atoms with Gasteiger partial charge in [-0.1, -0.05) is 46.4 Å². The quantitative estimate of drug-likeness (QED) is 0.594. The van der Waals surface area contributed by atoms with Crippen LogP contribution in [0.4, 0.5) is 0 Å². The summed E-state index contributed by atoms with van der Waals surface area (Å²) in [5.41, 5.74) is 0. The predicted molar refractivity (Wildman–Crippen MR) is 87.1 cm³/mol. The fourth-order valence-electron chi connectivity index (χ4n) is 0.859. The van der Waals surface area contributed by atoms with Crippen molar-refractivity contribution >= 4 is 56.8 Å². The molecular formula is C12H10Cl4O4S. The van der Waals surface area contributed by atoms with E-state index in [0.29, 0.717) is 0 Å². The highest BCUT2D eigenvalue weighted by molar-refractivity contribution is 7.79. The van der Waals surface area contributed by atoms with Crippen molar-refractivity contribution in [3.63, 3.8) is 0 Å². The maximum atomic E-state index is 8.74. The third-order valence-corrected chi connectivity index (χ3v) is 2.61. The van der Waals surface area contributed by atoms with Crippen LogP contribution in [0.2, 0.25) is 20.1 Å². The molecule has 4 nitrogen and oxygen atoms in total. The van der Waals surface area contributed by atoms with E-state index in [0.717, 1.165) is 20.1 Å². The van der Waals surface area contributed by atoms with Gasteiger partial charge in [-0.2, -0.15) is 8.42 Å². The molecular weight excluding hydrogens is 382 g/mol. The molecule has 0 saturated carbocycles. The summed E-state index contributed by atoms with van der Waals surface area (Å²) in [5.74, 6) is 0. The number of halogens is 4. The first-order valence-electron chi connectivity index (χ1n) is 5.10. The SMILES string of the molecule is Clc1ccc(Cl)cc1.Clc1ccc(Cl)cc1.O=S(=O)(O)O. The molecule has 0 atom stereocenters. The molecule has 2 aromatic rings. The predicted octanol–water partition coefficient (Wildman–Crippen LogP) is 5.33. The second kappa shape index (κ2) is 10.2. The molecule has 2 aromatic carbocycles. The van der Waals surface area contributed by atoms with Crippen LogP contribution < -0.4 is 0 Å². The lowest BCUT2D eigenvalue weighted by Crippen LogP contribution is -1.89. The molecule has 2 rings (SSSR count). The molecule has 0 bridgehead atoms. The minimum atomic E-state index is -4.67. The van der Waals surface area contributed by atoms with Crippen LogP contribution in [0.25, 0.3) is 0 Å². The Hall–Kier alpha value is -0.530. The highest BCUT2D eigenvalue weighted by Crippen LogP contribution is 2.13. The molecule has 0 fully saturated rings. The standard InChI is InChI=1S/2C6H4Cl2.H2O4S/c2*7-5-1-2-6(8)4-3-5;1-5(2,3)4/h2*1-4H;(H2,1,2,3,4). The van der Waals surface area contributed by atoms with E-state index in [9.17, 15) is 0 Å². The summed E-state index contributed by atoms with van der Waals surface area (Å²) in [6, 6.07) is 14.0. The normalized spacial score (nSPS) is 9.81. The zero-order valence-electron chi connectivity index (χ0n) is 10.2. The number of hydrogen-bond donors (Lipinski definition) is 2. The summed E-state index contributed by atoms with van der Waals surface area (Å²) >= 11 is 22.2. The first kappa shape index (κ1) is 20.5. The third kappa shape index (κ3) is 15.7. The van der Waals surface area contributed by atoms with E-state index in [2.05, 4.69) is 0 Å². The lowest BCUT2D eigenvalue weighted by atomic mass is 10.4. The molecule has 0 aromatic heterocycles. The van der Waals surface area contributed by atoms with E-state index in [1.165, 1.54) is 0 Å². The van der Waals surface area contributed by atoms with Crippen molar-refractivity contribution in [1.82, 2.24) is 0 Å². The number of rotatable bonds is 0. The Morgan fingerprint density at radius 2 is 0.667 bits per heavy atom. The van der Waals surface area contributed by atoms with Gasteiger partial charge in [-0.15, -0.1) is 0 Å². The monoisotopic (exact) mass is 390 g/mol. The Labute approximate surface area is 142 Å². The second-order valence-electron chi connectivity index (χ2n) is 3.32. The fraction of sp³-hybridized carbons (Fsp3) is 0. The van der Waals surface area contributed by atoms with Gasteiger partial charge < -0.3 is 0 Å². The van der Waals surface area contributed by atoms with Gasteiger partial charge in [0.05, 0.1) is 0 Å². The lowest BCUT2D eigenvalue weighted by Gasteiger charge is -1.86. The van der Waals surface area contributed by atoms with Crippen LogP contribution in [0, 0.1) is 0 Å². The molecule has 0 amide bonds. The van der Waals surface area contributed by atoms with E-state index >= 15 is 0 Å². The maximum absolute atomic E-state index is 8.74. The molecule has 9 heteroatoms. The fourth-order valence-corrected chi connectivity index (χ4v) is 1.36. The zero-order valence-corrected chi connectivity index (χ0v) is 14.1. The van der Waals surface area contributed by atoms with Crippen LogP contribution in [0.15, 0.2) is 48.5 Å². The van der Waals surface area contributed by atoms with Crippen molar-refractivity contribution in [2.45, 2.75) is 0 Å². The minimum absolute atomic E-state index is 0.717. The maximum Gasteiger partial charge on any atom is 0.394 e. The summed E-state index contributed by atoms with van der Waals surface area (Å²) in [6.07, 6.45) is 0. The second-order valence-corrected chi connectivity index (χ2v) is 5.96. The number of hydrogen-bond acceptors (Lipinski definition) is 2. The van der Waals surface area contributed by atoms with Crippen molar-refractivity contribution < 1.29 is 17.5 Å². The van der Waals surface area contributed by atoms with Crippen LogP contribution in [0.5, 0.6) is 0 Å². The van der Waals surface area contributed by atoms with E-state index in [4.69, 9.17) is 63.9 Å². The van der Waals surface area contributed by atoms with Crippen molar-refractivity contribution in [3.8, 4) is 0 Å². The van der Waals surface area contributed by atoms with Gasteiger partial charge in [0.15, 0.2) is 0 Å². The van der Waals surface area contributed by atoms with E-state index in [1.807, 2.05) is 0 Å². The third-order valence-electron chi connectivity index (χ3n) is 1.61. The summed E-state index contributed by atoms with van der Waals surface area (Å²) in [5, 5.41) is 2.87. The molecule has 0 unspecified atom stereocenters. The molecule has 116 valence electrons. The molecule has 0 aliphatic rings. The van der Waals surface area contributed by atoms with E-state index in [1.54, 1.807) is 48.5 Å². The highest BCUT2D eigenvalue weighted by atomic mass is 35.5. The minimum Gasteiger partial charge on any atom is -0.264 e. The average molecular weight is 392 g/mol. The van der Waals surface area contributed by atoms with Gasteiger partial charge in [0.25, 0.3) is 0 Å². The van der Waals surface area contributed by atoms with Gasteiger partial charge in [-0.05, 0) is 48.5 Å². The Bertz CT molecular complexity index is 534. The molecule has 0 radical (unpaired) electrons. The van der Waals surface area contributed by atoms with Crippen LogP contribution in [-0.2, 0) is 10.4 Å². The molecule has 0 heterocycles. The number of benzene rings is 2. The molecule has 2 N–H and O–H groups in total. The Morgan fingerprint density at radius 3 is 0.762 bits per heavy atom. The molecule has 0 aliphatic carbocycles. The van der Waals surface area contributed by atoms with Gasteiger partial charge in [0.2, 0.25) is 0 Å². The van der Waals surface area contributed by atoms with Crippen LogP contribution in [-0.4, -0.2) is 17.5 Å². The van der Waals surface area contributed by atoms with Gasteiger partial charge in [-0.3, -0.25) is 9.11 Å². The molecule has 0 spiro atoms. The average Bonchev–Trinajstić information content (AvgIpc) is 2.35. The van der Waals surface area contributed by atoms with Gasteiger partial charge >= 0.3 is 10.4 Å². The summed E-state index contributed by atoms with van der Waals surface area (Å²) < 4.78 is 31.6. The largest absolute Gasteiger partial charge is 0.394 e. The van der Waals surface area contributed by atoms with Gasteiger partial charge in [0.1, 0.15) is 0 Å². The smallest absolute Gasteiger partial charge is 0.264 e. The summed E-state index contributed by atoms with van der Waals surface area (Å²) in [6.45, 7) is 0. The van der Waals surface area contributed by atoms with Crippen LogP contribution in [0.1, 0.15) is 0 Å². The lowest BCUT2D eigenvalue weighted by molar-refractivity contribution is 0.381. The molecule has 0 aliphatic heterocycles. The topological polar surface area (TPSA) is 74.6 Å².